The minimum absolute atomic E-state index is 0.0657. The first-order valence-corrected chi connectivity index (χ1v) is 12.0. The van der Waals surface area contributed by atoms with E-state index in [1.807, 2.05) is 53.2 Å². The maximum absolute atomic E-state index is 12.3. The van der Waals surface area contributed by atoms with Crippen molar-refractivity contribution in [2.45, 2.75) is 20.1 Å². The number of carbonyl (C=O) groups is 1. The molecule has 0 bridgehead atoms. The number of benzene rings is 2. The van der Waals surface area contributed by atoms with Crippen LogP contribution >= 0.6 is 23.6 Å². The summed E-state index contributed by atoms with van der Waals surface area (Å²) in [4.78, 5) is 16.8. The van der Waals surface area contributed by atoms with Crippen LogP contribution in [0.4, 0.5) is 10.8 Å². The molecule has 0 unspecified atom stereocenters. The molecule has 32 heavy (non-hydrogen) atoms. The monoisotopic (exact) mass is 468 g/mol. The van der Waals surface area contributed by atoms with Crippen LogP contribution in [0.5, 0.6) is 0 Å². The van der Waals surface area contributed by atoms with Crippen LogP contribution in [0.3, 0.4) is 0 Å². The Kier molecular flexibility index (Phi) is 7.64. The molecule has 2 N–H and O–H groups in total. The molecule has 3 aromatic rings. The Morgan fingerprint density at radius 3 is 2.47 bits per heavy atom. The van der Waals surface area contributed by atoms with E-state index in [2.05, 4.69) is 38.5 Å². The molecule has 9 heteroatoms. The molecule has 1 fully saturated rings. The van der Waals surface area contributed by atoms with Gasteiger partial charge in [-0.05, 0) is 36.3 Å². The van der Waals surface area contributed by atoms with Crippen LogP contribution in [0.15, 0.2) is 54.6 Å². The number of aromatic nitrogens is 2. The van der Waals surface area contributed by atoms with Crippen LogP contribution in [-0.4, -0.2) is 58.2 Å². The first-order valence-electron chi connectivity index (χ1n) is 10.7. The fraction of sp³-hybridized carbons (Fsp3) is 0.348. The van der Waals surface area contributed by atoms with E-state index >= 15 is 0 Å². The molecule has 7 nitrogen and oxygen atoms in total. The smallest absolute Gasteiger partial charge is 0.234 e. The summed E-state index contributed by atoms with van der Waals surface area (Å²) in [6.45, 7) is 7.20. The van der Waals surface area contributed by atoms with Crippen LogP contribution in [0.25, 0.3) is 0 Å². The van der Waals surface area contributed by atoms with E-state index in [-0.39, 0.29) is 5.91 Å². The number of hydrogen-bond donors (Lipinski definition) is 2. The summed E-state index contributed by atoms with van der Waals surface area (Å²) in [5.41, 5.74) is 3.33. The number of aryl methyl sites for hydroxylation is 1. The molecule has 1 aromatic heterocycles. The second-order valence-electron chi connectivity index (χ2n) is 7.91. The topological polar surface area (TPSA) is 65.4 Å². The first kappa shape index (κ1) is 22.6. The Labute approximate surface area is 197 Å². The lowest BCUT2D eigenvalue weighted by molar-refractivity contribution is -0.122. The van der Waals surface area contributed by atoms with Crippen LogP contribution in [-0.2, 0) is 18.0 Å². The SMILES string of the molecule is Cc1ccccc1Nc1nn(CN2CCN(CC(=O)NCc3ccccc3)CC2)c(=S)s1. The summed E-state index contributed by atoms with van der Waals surface area (Å²) in [6, 6.07) is 18.1. The van der Waals surface area contributed by atoms with Gasteiger partial charge >= 0.3 is 0 Å². The van der Waals surface area contributed by atoms with Crippen molar-refractivity contribution in [2.75, 3.05) is 38.0 Å². The van der Waals surface area contributed by atoms with E-state index in [0.29, 0.717) is 19.8 Å². The maximum atomic E-state index is 12.3. The van der Waals surface area contributed by atoms with Crippen molar-refractivity contribution >= 4 is 40.3 Å². The number of anilines is 2. The Morgan fingerprint density at radius 2 is 1.72 bits per heavy atom. The summed E-state index contributed by atoms with van der Waals surface area (Å²) in [5.74, 6) is 0.0657. The fourth-order valence-electron chi connectivity index (χ4n) is 3.61. The number of piperazine rings is 1. The molecule has 2 heterocycles. The van der Waals surface area contributed by atoms with E-state index < -0.39 is 0 Å². The summed E-state index contributed by atoms with van der Waals surface area (Å²) in [5, 5.41) is 11.8. The van der Waals surface area contributed by atoms with Crippen molar-refractivity contribution in [3.8, 4) is 0 Å². The fourth-order valence-corrected chi connectivity index (χ4v) is 4.61. The molecule has 4 rings (SSSR count). The third-order valence-electron chi connectivity index (χ3n) is 5.49. The van der Waals surface area contributed by atoms with Crippen LogP contribution in [0, 0.1) is 10.9 Å². The molecule has 1 saturated heterocycles. The van der Waals surface area contributed by atoms with Crippen molar-refractivity contribution in [1.82, 2.24) is 24.9 Å². The Morgan fingerprint density at radius 1 is 1.03 bits per heavy atom. The highest BCUT2D eigenvalue weighted by molar-refractivity contribution is 7.73. The van der Waals surface area contributed by atoms with E-state index in [1.165, 1.54) is 16.9 Å². The van der Waals surface area contributed by atoms with Gasteiger partial charge in [0.1, 0.15) is 0 Å². The third kappa shape index (κ3) is 6.23. The van der Waals surface area contributed by atoms with Gasteiger partial charge in [0.05, 0.1) is 13.2 Å². The average molecular weight is 469 g/mol. The Balaban J connectivity index is 1.23. The second-order valence-corrected chi connectivity index (χ2v) is 9.53. The van der Waals surface area contributed by atoms with Crippen molar-refractivity contribution in [2.24, 2.45) is 0 Å². The van der Waals surface area contributed by atoms with Crippen molar-refractivity contribution in [1.29, 1.82) is 0 Å². The molecule has 2 aromatic carbocycles. The highest BCUT2D eigenvalue weighted by Gasteiger charge is 2.20. The predicted molar refractivity (Wildman–Crippen MR) is 132 cm³/mol. The Hall–Kier alpha value is -2.59. The van der Waals surface area contributed by atoms with Crippen molar-refractivity contribution < 1.29 is 4.79 Å². The van der Waals surface area contributed by atoms with Gasteiger partial charge in [-0.25, -0.2) is 4.68 Å². The van der Waals surface area contributed by atoms with Gasteiger partial charge in [0.15, 0.2) is 3.95 Å². The van der Waals surface area contributed by atoms with Crippen molar-refractivity contribution in [3.63, 3.8) is 0 Å². The number of amides is 1. The number of nitrogens with one attached hydrogen (secondary N) is 2. The van der Waals surface area contributed by atoms with Crippen LogP contribution in [0.2, 0.25) is 0 Å². The number of para-hydroxylation sites is 1. The largest absolute Gasteiger partial charge is 0.351 e. The summed E-state index contributed by atoms with van der Waals surface area (Å²) >= 11 is 7.01. The molecule has 0 atom stereocenters. The lowest BCUT2D eigenvalue weighted by Gasteiger charge is -2.33. The molecular formula is C23H28N6OS2. The second kappa shape index (κ2) is 10.8. The molecule has 0 saturated carbocycles. The molecule has 0 aliphatic carbocycles. The Bertz CT molecular complexity index is 1090. The quantitative estimate of drug-likeness (QED) is 0.493. The van der Waals surface area contributed by atoms with Crippen LogP contribution in [0.1, 0.15) is 11.1 Å². The zero-order valence-corrected chi connectivity index (χ0v) is 19.8. The lowest BCUT2D eigenvalue weighted by Crippen LogP contribution is -2.49. The van der Waals surface area contributed by atoms with Gasteiger partial charge in [0, 0.05) is 38.4 Å². The minimum Gasteiger partial charge on any atom is -0.351 e. The first-order chi connectivity index (χ1) is 15.6. The van der Waals surface area contributed by atoms with Gasteiger partial charge in [-0.15, -0.1) is 5.10 Å². The van der Waals surface area contributed by atoms with Gasteiger partial charge in [0.25, 0.3) is 0 Å². The van der Waals surface area contributed by atoms with Gasteiger partial charge < -0.3 is 10.6 Å². The lowest BCUT2D eigenvalue weighted by atomic mass is 10.2. The highest BCUT2D eigenvalue weighted by Crippen LogP contribution is 2.23. The van der Waals surface area contributed by atoms with Gasteiger partial charge in [0.2, 0.25) is 11.0 Å². The number of rotatable bonds is 8. The average Bonchev–Trinajstić information content (AvgIpc) is 3.14. The zero-order chi connectivity index (χ0) is 22.3. The summed E-state index contributed by atoms with van der Waals surface area (Å²) < 4.78 is 2.63. The van der Waals surface area contributed by atoms with Crippen molar-refractivity contribution in [3.05, 3.63) is 69.7 Å². The molecule has 1 aliphatic heterocycles. The molecule has 1 amide bonds. The van der Waals surface area contributed by atoms with E-state index in [9.17, 15) is 4.79 Å². The highest BCUT2D eigenvalue weighted by atomic mass is 32.1. The molecule has 0 spiro atoms. The van der Waals surface area contributed by atoms with E-state index in [1.54, 1.807) is 0 Å². The molecule has 168 valence electrons. The number of nitrogens with zero attached hydrogens (tertiary/aromatic N) is 4. The van der Waals surface area contributed by atoms with Gasteiger partial charge in [-0.2, -0.15) is 0 Å². The number of hydrogen-bond acceptors (Lipinski definition) is 7. The predicted octanol–water partition coefficient (Wildman–Crippen LogP) is 3.62. The molecule has 1 aliphatic rings. The summed E-state index contributed by atoms with van der Waals surface area (Å²) in [6.07, 6.45) is 0. The zero-order valence-electron chi connectivity index (χ0n) is 18.2. The standard InChI is InChI=1S/C23H28N6OS2/c1-18-7-5-6-10-20(18)25-22-26-29(23(31)32-22)17-28-13-11-27(12-14-28)16-21(30)24-15-19-8-3-2-4-9-19/h2-10H,11-17H2,1H3,(H,24,30)(H,25,26). The minimum atomic E-state index is 0.0657. The maximum Gasteiger partial charge on any atom is 0.234 e. The van der Waals surface area contributed by atoms with Crippen LogP contribution < -0.4 is 10.6 Å². The normalized spacial score (nSPS) is 14.9. The van der Waals surface area contributed by atoms with Gasteiger partial charge in [-0.3, -0.25) is 14.6 Å². The number of carbonyl (C=O) groups excluding carboxylic acids is 1. The van der Waals surface area contributed by atoms with Gasteiger partial charge in [-0.1, -0.05) is 59.9 Å². The summed E-state index contributed by atoms with van der Waals surface area (Å²) in [7, 11) is 0. The van der Waals surface area contributed by atoms with E-state index in [4.69, 9.17) is 12.2 Å². The molecular weight excluding hydrogens is 440 g/mol. The van der Waals surface area contributed by atoms with E-state index in [0.717, 1.165) is 46.5 Å². The third-order valence-corrected chi connectivity index (χ3v) is 6.71. The molecule has 0 radical (unpaired) electrons.